The number of esters is 1. The van der Waals surface area contributed by atoms with Crippen molar-refractivity contribution in [3.63, 3.8) is 0 Å². The SMILES string of the molecule is C/C=C\c1ccc2cc(C=CC(=O)OC)ccc2c1. The van der Waals surface area contributed by atoms with E-state index in [2.05, 4.69) is 35.1 Å². The topological polar surface area (TPSA) is 26.3 Å². The molecule has 2 heteroatoms. The third-order valence-corrected chi connectivity index (χ3v) is 2.86. The van der Waals surface area contributed by atoms with Gasteiger partial charge in [-0.1, -0.05) is 36.4 Å². The number of fused-ring (bicyclic) bond motifs is 1. The Labute approximate surface area is 113 Å². The van der Waals surface area contributed by atoms with Gasteiger partial charge in [0.1, 0.15) is 0 Å². The number of carbonyl (C=O) groups excluding carboxylic acids is 1. The molecule has 0 atom stereocenters. The molecule has 96 valence electrons. The summed E-state index contributed by atoms with van der Waals surface area (Å²) in [6, 6.07) is 12.4. The summed E-state index contributed by atoms with van der Waals surface area (Å²) in [4.78, 5) is 11.0. The van der Waals surface area contributed by atoms with E-state index in [0.29, 0.717) is 0 Å². The zero-order valence-corrected chi connectivity index (χ0v) is 11.1. The van der Waals surface area contributed by atoms with Crippen molar-refractivity contribution in [2.75, 3.05) is 7.11 Å². The first-order valence-electron chi connectivity index (χ1n) is 6.15. The molecule has 0 spiro atoms. The maximum atomic E-state index is 11.0. The van der Waals surface area contributed by atoms with Gasteiger partial charge >= 0.3 is 5.97 Å². The molecule has 0 saturated heterocycles. The number of hydrogen-bond donors (Lipinski definition) is 0. The van der Waals surface area contributed by atoms with Crippen molar-refractivity contribution >= 4 is 28.9 Å². The molecule has 0 heterocycles. The third kappa shape index (κ3) is 3.32. The van der Waals surface area contributed by atoms with Crippen molar-refractivity contribution in [2.45, 2.75) is 6.92 Å². The molecule has 0 bridgehead atoms. The molecule has 0 amide bonds. The predicted octanol–water partition coefficient (Wildman–Crippen LogP) is 4.06. The number of carbonyl (C=O) groups is 1. The summed E-state index contributed by atoms with van der Waals surface area (Å²) >= 11 is 0. The average molecular weight is 252 g/mol. The summed E-state index contributed by atoms with van der Waals surface area (Å²) in [7, 11) is 1.37. The van der Waals surface area contributed by atoms with Crippen molar-refractivity contribution < 1.29 is 9.53 Å². The zero-order valence-electron chi connectivity index (χ0n) is 11.1. The maximum absolute atomic E-state index is 11.0. The van der Waals surface area contributed by atoms with Crippen LogP contribution in [-0.2, 0) is 9.53 Å². The largest absolute Gasteiger partial charge is 0.466 e. The molecule has 0 aliphatic carbocycles. The molecule has 0 unspecified atom stereocenters. The highest BCUT2D eigenvalue weighted by atomic mass is 16.5. The monoisotopic (exact) mass is 252 g/mol. The fourth-order valence-corrected chi connectivity index (χ4v) is 1.91. The van der Waals surface area contributed by atoms with Gasteiger partial charge in [0.25, 0.3) is 0 Å². The highest BCUT2D eigenvalue weighted by Crippen LogP contribution is 2.19. The van der Waals surface area contributed by atoms with Gasteiger partial charge in [-0.25, -0.2) is 4.79 Å². The van der Waals surface area contributed by atoms with E-state index in [0.717, 1.165) is 10.9 Å². The minimum Gasteiger partial charge on any atom is -0.466 e. The molecule has 19 heavy (non-hydrogen) atoms. The first-order chi connectivity index (χ1) is 9.22. The van der Waals surface area contributed by atoms with Crippen LogP contribution in [0.1, 0.15) is 18.1 Å². The van der Waals surface area contributed by atoms with Gasteiger partial charge in [0, 0.05) is 6.08 Å². The molecule has 0 aromatic heterocycles. The summed E-state index contributed by atoms with van der Waals surface area (Å²) < 4.78 is 4.57. The molecule has 2 rings (SSSR count). The Morgan fingerprint density at radius 1 is 1.00 bits per heavy atom. The summed E-state index contributed by atoms with van der Waals surface area (Å²) in [5, 5.41) is 2.34. The minimum absolute atomic E-state index is 0.344. The van der Waals surface area contributed by atoms with Gasteiger partial charge in [-0.2, -0.15) is 0 Å². The highest BCUT2D eigenvalue weighted by molar-refractivity contribution is 5.90. The standard InChI is InChI=1S/C17H16O2/c1-3-4-13-5-8-16-12-14(6-9-15(16)11-13)7-10-17(18)19-2/h3-12H,1-2H3/b4-3-,10-7?. The molecular weight excluding hydrogens is 236 g/mol. The Hall–Kier alpha value is -2.35. The second-order valence-corrected chi connectivity index (χ2v) is 4.22. The van der Waals surface area contributed by atoms with Crippen LogP contribution in [0, 0.1) is 0 Å². The van der Waals surface area contributed by atoms with Crippen molar-refractivity contribution in [2.24, 2.45) is 0 Å². The number of rotatable bonds is 3. The predicted molar refractivity (Wildman–Crippen MR) is 79.7 cm³/mol. The van der Waals surface area contributed by atoms with Gasteiger partial charge in [-0.3, -0.25) is 0 Å². The van der Waals surface area contributed by atoms with Gasteiger partial charge in [0.2, 0.25) is 0 Å². The van der Waals surface area contributed by atoms with E-state index in [1.54, 1.807) is 6.08 Å². The van der Waals surface area contributed by atoms with Crippen LogP contribution in [0.15, 0.2) is 48.6 Å². The van der Waals surface area contributed by atoms with E-state index in [4.69, 9.17) is 0 Å². The van der Waals surface area contributed by atoms with Gasteiger partial charge in [0.15, 0.2) is 0 Å². The van der Waals surface area contributed by atoms with Crippen LogP contribution in [-0.4, -0.2) is 13.1 Å². The van der Waals surface area contributed by atoms with Crippen LogP contribution in [0.3, 0.4) is 0 Å². The van der Waals surface area contributed by atoms with Gasteiger partial charge < -0.3 is 4.74 Å². The molecular formula is C17H16O2. The molecule has 2 aromatic carbocycles. The Morgan fingerprint density at radius 2 is 1.58 bits per heavy atom. The molecule has 0 fully saturated rings. The van der Waals surface area contributed by atoms with Gasteiger partial charge in [-0.15, -0.1) is 0 Å². The lowest BCUT2D eigenvalue weighted by Crippen LogP contribution is -1.93. The smallest absolute Gasteiger partial charge is 0.330 e. The number of methoxy groups -OCH3 is 1. The van der Waals surface area contributed by atoms with E-state index >= 15 is 0 Å². The summed E-state index contributed by atoms with van der Waals surface area (Å²) in [6.07, 6.45) is 7.28. The molecule has 0 aliphatic heterocycles. The zero-order chi connectivity index (χ0) is 13.7. The van der Waals surface area contributed by atoms with Crippen LogP contribution in [0.4, 0.5) is 0 Å². The number of benzene rings is 2. The number of ether oxygens (including phenoxy) is 1. The molecule has 0 radical (unpaired) electrons. The molecule has 0 aliphatic rings. The lowest BCUT2D eigenvalue weighted by atomic mass is 10.0. The fraction of sp³-hybridized carbons (Fsp3) is 0.118. The number of allylic oxidation sites excluding steroid dienone is 1. The Morgan fingerprint density at radius 3 is 2.11 bits per heavy atom. The summed E-state index contributed by atoms with van der Waals surface area (Å²) in [5.41, 5.74) is 2.17. The molecule has 2 nitrogen and oxygen atoms in total. The highest BCUT2D eigenvalue weighted by Gasteiger charge is 1.97. The van der Waals surface area contributed by atoms with E-state index < -0.39 is 0 Å². The van der Waals surface area contributed by atoms with Crippen molar-refractivity contribution in [1.82, 2.24) is 0 Å². The second kappa shape index (κ2) is 6.01. The molecule has 2 aromatic rings. The first-order valence-corrected chi connectivity index (χ1v) is 6.15. The summed E-state index contributed by atoms with van der Waals surface area (Å²) in [6.45, 7) is 2.00. The minimum atomic E-state index is -0.344. The van der Waals surface area contributed by atoms with E-state index in [9.17, 15) is 4.79 Å². The second-order valence-electron chi connectivity index (χ2n) is 4.22. The normalized spacial score (nSPS) is 11.5. The van der Waals surface area contributed by atoms with Crippen molar-refractivity contribution in [3.05, 3.63) is 59.7 Å². The fourth-order valence-electron chi connectivity index (χ4n) is 1.91. The van der Waals surface area contributed by atoms with Crippen molar-refractivity contribution in [1.29, 1.82) is 0 Å². The Kier molecular flexibility index (Phi) is 4.14. The quantitative estimate of drug-likeness (QED) is 0.608. The average Bonchev–Trinajstić information content (AvgIpc) is 2.45. The van der Waals surface area contributed by atoms with Crippen LogP contribution in [0.2, 0.25) is 0 Å². The Balaban J connectivity index is 2.34. The van der Waals surface area contributed by atoms with Gasteiger partial charge in [0.05, 0.1) is 7.11 Å². The van der Waals surface area contributed by atoms with Crippen LogP contribution in [0.25, 0.3) is 22.9 Å². The number of hydrogen-bond acceptors (Lipinski definition) is 2. The van der Waals surface area contributed by atoms with Gasteiger partial charge in [-0.05, 0) is 47.0 Å². The molecule has 0 N–H and O–H groups in total. The Bertz CT molecular complexity index is 651. The first kappa shape index (κ1) is 13.1. The van der Waals surface area contributed by atoms with E-state index in [1.165, 1.54) is 24.1 Å². The molecule has 0 saturated carbocycles. The lowest BCUT2D eigenvalue weighted by molar-refractivity contribution is -0.134. The third-order valence-electron chi connectivity index (χ3n) is 2.86. The van der Waals surface area contributed by atoms with E-state index in [-0.39, 0.29) is 5.97 Å². The maximum Gasteiger partial charge on any atom is 0.330 e. The summed E-state index contributed by atoms with van der Waals surface area (Å²) in [5.74, 6) is -0.344. The van der Waals surface area contributed by atoms with E-state index in [1.807, 2.05) is 25.1 Å². The van der Waals surface area contributed by atoms with Crippen LogP contribution < -0.4 is 0 Å². The van der Waals surface area contributed by atoms with Crippen molar-refractivity contribution in [3.8, 4) is 0 Å². The van der Waals surface area contributed by atoms with Crippen LogP contribution >= 0.6 is 0 Å². The lowest BCUT2D eigenvalue weighted by Gasteiger charge is -2.01. The van der Waals surface area contributed by atoms with Crippen LogP contribution in [0.5, 0.6) is 0 Å².